The van der Waals surface area contributed by atoms with Gasteiger partial charge in [-0.1, -0.05) is 13.8 Å². The second-order valence-electron chi connectivity index (χ2n) is 6.29. The van der Waals surface area contributed by atoms with Crippen LogP contribution in [-0.2, 0) is 14.6 Å². The first-order valence-corrected chi connectivity index (χ1v) is 8.75. The van der Waals surface area contributed by atoms with Crippen LogP contribution in [0.2, 0.25) is 0 Å². The lowest BCUT2D eigenvalue weighted by molar-refractivity contribution is 0.113. The van der Waals surface area contributed by atoms with Crippen molar-refractivity contribution >= 4 is 9.84 Å². The quantitative estimate of drug-likeness (QED) is 0.815. The molecule has 0 saturated carbocycles. The van der Waals surface area contributed by atoms with E-state index in [1.54, 1.807) is 0 Å². The van der Waals surface area contributed by atoms with Gasteiger partial charge in [0, 0.05) is 18.6 Å². The van der Waals surface area contributed by atoms with E-state index < -0.39 is 9.84 Å². The molecule has 2 atom stereocenters. The SMILES string of the molecule is CC(C)CNCC1(C2CCS(=O)(=O)C2)CCOC1. The summed E-state index contributed by atoms with van der Waals surface area (Å²) in [7, 11) is -2.80. The van der Waals surface area contributed by atoms with Crippen LogP contribution in [0.3, 0.4) is 0 Å². The van der Waals surface area contributed by atoms with Gasteiger partial charge in [0.2, 0.25) is 0 Å². The third-order valence-electron chi connectivity index (χ3n) is 4.26. The molecule has 0 aromatic carbocycles. The van der Waals surface area contributed by atoms with Crippen molar-refractivity contribution in [1.82, 2.24) is 5.32 Å². The largest absolute Gasteiger partial charge is 0.381 e. The van der Waals surface area contributed by atoms with E-state index in [0.29, 0.717) is 17.4 Å². The molecule has 2 aliphatic heterocycles. The first-order valence-electron chi connectivity index (χ1n) is 6.92. The third kappa shape index (κ3) is 3.25. The maximum Gasteiger partial charge on any atom is 0.150 e. The number of hydrogen-bond acceptors (Lipinski definition) is 4. The molecule has 0 bridgehead atoms. The molecule has 0 radical (unpaired) electrons. The van der Waals surface area contributed by atoms with E-state index >= 15 is 0 Å². The molecule has 2 saturated heterocycles. The highest BCUT2D eigenvalue weighted by atomic mass is 32.2. The molecule has 1 N–H and O–H groups in total. The summed E-state index contributed by atoms with van der Waals surface area (Å²) < 4.78 is 28.9. The number of sulfone groups is 1. The average Bonchev–Trinajstić information content (AvgIpc) is 2.85. The lowest BCUT2D eigenvalue weighted by Gasteiger charge is -2.33. The zero-order valence-electron chi connectivity index (χ0n) is 11.4. The van der Waals surface area contributed by atoms with Gasteiger partial charge in [-0.25, -0.2) is 8.42 Å². The minimum atomic E-state index is -2.80. The molecule has 2 unspecified atom stereocenters. The van der Waals surface area contributed by atoms with Crippen LogP contribution in [0.1, 0.15) is 26.7 Å². The monoisotopic (exact) mass is 275 g/mol. The first kappa shape index (κ1) is 14.3. The fourth-order valence-electron chi connectivity index (χ4n) is 3.12. The number of rotatable bonds is 5. The minimum absolute atomic E-state index is 0.0540. The molecule has 0 aliphatic carbocycles. The van der Waals surface area contributed by atoms with Crippen molar-refractivity contribution in [2.45, 2.75) is 26.7 Å². The lowest BCUT2D eigenvalue weighted by Crippen LogP contribution is -2.42. The van der Waals surface area contributed by atoms with Gasteiger partial charge in [-0.3, -0.25) is 0 Å². The normalized spacial score (nSPS) is 35.4. The topological polar surface area (TPSA) is 55.4 Å². The number of nitrogens with one attached hydrogen (secondary N) is 1. The fourth-order valence-corrected chi connectivity index (χ4v) is 5.06. The summed E-state index contributed by atoms with van der Waals surface area (Å²) in [6, 6.07) is 0. The van der Waals surface area contributed by atoms with E-state index in [2.05, 4.69) is 19.2 Å². The molecule has 0 aromatic rings. The summed E-state index contributed by atoms with van der Waals surface area (Å²) >= 11 is 0. The zero-order chi connectivity index (χ0) is 13.2. The highest BCUT2D eigenvalue weighted by molar-refractivity contribution is 7.91. The fraction of sp³-hybridized carbons (Fsp3) is 1.00. The van der Waals surface area contributed by atoms with Crippen molar-refractivity contribution in [2.24, 2.45) is 17.3 Å². The smallest absolute Gasteiger partial charge is 0.150 e. The molecule has 0 spiro atoms. The van der Waals surface area contributed by atoms with Crippen molar-refractivity contribution in [3.05, 3.63) is 0 Å². The molecular weight excluding hydrogens is 250 g/mol. The van der Waals surface area contributed by atoms with E-state index in [1.165, 1.54) is 0 Å². The molecular formula is C13H25NO3S. The highest BCUT2D eigenvalue weighted by Gasteiger charge is 2.46. The van der Waals surface area contributed by atoms with Gasteiger partial charge >= 0.3 is 0 Å². The van der Waals surface area contributed by atoms with Crippen LogP contribution in [0.5, 0.6) is 0 Å². The van der Waals surface area contributed by atoms with Crippen LogP contribution in [0.4, 0.5) is 0 Å². The van der Waals surface area contributed by atoms with E-state index in [-0.39, 0.29) is 11.3 Å². The van der Waals surface area contributed by atoms with Crippen LogP contribution in [0.15, 0.2) is 0 Å². The molecule has 2 heterocycles. The van der Waals surface area contributed by atoms with Crippen LogP contribution < -0.4 is 5.32 Å². The van der Waals surface area contributed by atoms with Crippen molar-refractivity contribution in [2.75, 3.05) is 37.8 Å². The van der Waals surface area contributed by atoms with Gasteiger partial charge in [0.05, 0.1) is 18.1 Å². The predicted molar refractivity (Wildman–Crippen MR) is 72.3 cm³/mol. The summed E-state index contributed by atoms with van der Waals surface area (Å²) in [6.45, 7) is 7.75. The van der Waals surface area contributed by atoms with E-state index in [0.717, 1.165) is 39.1 Å². The summed E-state index contributed by atoms with van der Waals surface area (Å²) in [5.41, 5.74) is 0.0540. The number of hydrogen-bond donors (Lipinski definition) is 1. The molecule has 18 heavy (non-hydrogen) atoms. The van der Waals surface area contributed by atoms with Crippen LogP contribution in [-0.4, -0.2) is 46.2 Å². The Morgan fingerprint density at radius 1 is 1.44 bits per heavy atom. The summed E-state index contributed by atoms with van der Waals surface area (Å²) in [6.07, 6.45) is 1.81. The lowest BCUT2D eigenvalue weighted by atomic mass is 9.74. The second kappa shape index (κ2) is 5.47. The van der Waals surface area contributed by atoms with Gasteiger partial charge in [0.1, 0.15) is 0 Å². The van der Waals surface area contributed by atoms with Crippen LogP contribution in [0.25, 0.3) is 0 Å². The van der Waals surface area contributed by atoms with E-state index in [1.807, 2.05) is 0 Å². The standard InChI is InChI=1S/C13H25NO3S/c1-11(2)7-14-9-13(4-5-17-10-13)12-3-6-18(15,16)8-12/h11-12,14H,3-10H2,1-2H3. The van der Waals surface area contributed by atoms with Crippen molar-refractivity contribution in [3.63, 3.8) is 0 Å². The molecule has 0 amide bonds. The summed E-state index contributed by atoms with van der Waals surface area (Å²) in [5, 5.41) is 3.50. The Morgan fingerprint density at radius 3 is 2.72 bits per heavy atom. The van der Waals surface area contributed by atoms with Crippen LogP contribution >= 0.6 is 0 Å². The van der Waals surface area contributed by atoms with Crippen molar-refractivity contribution in [3.8, 4) is 0 Å². The first-order chi connectivity index (χ1) is 8.44. The van der Waals surface area contributed by atoms with E-state index in [9.17, 15) is 8.42 Å². The molecule has 0 aromatic heterocycles. The maximum atomic E-state index is 11.7. The zero-order valence-corrected chi connectivity index (χ0v) is 12.3. The second-order valence-corrected chi connectivity index (χ2v) is 8.52. The van der Waals surface area contributed by atoms with Gasteiger partial charge in [-0.15, -0.1) is 0 Å². The molecule has 2 fully saturated rings. The van der Waals surface area contributed by atoms with Gasteiger partial charge < -0.3 is 10.1 Å². The summed E-state index contributed by atoms with van der Waals surface area (Å²) in [5.74, 6) is 1.63. The van der Waals surface area contributed by atoms with Crippen LogP contribution in [0, 0.1) is 17.3 Å². The molecule has 106 valence electrons. The Kier molecular flexibility index (Phi) is 4.34. The molecule has 5 heteroatoms. The van der Waals surface area contributed by atoms with Gasteiger partial charge in [0.15, 0.2) is 9.84 Å². The Labute approximate surface area is 110 Å². The van der Waals surface area contributed by atoms with Crippen molar-refractivity contribution in [1.29, 1.82) is 0 Å². The Balaban J connectivity index is 1.98. The number of ether oxygens (including phenoxy) is 1. The van der Waals surface area contributed by atoms with E-state index in [4.69, 9.17) is 4.74 Å². The van der Waals surface area contributed by atoms with Gasteiger partial charge in [-0.05, 0) is 31.2 Å². The maximum absolute atomic E-state index is 11.7. The minimum Gasteiger partial charge on any atom is -0.381 e. The predicted octanol–water partition coefficient (Wildman–Crippen LogP) is 1.07. The third-order valence-corrected chi connectivity index (χ3v) is 6.03. The average molecular weight is 275 g/mol. The Hall–Kier alpha value is -0.130. The molecule has 2 rings (SSSR count). The molecule has 2 aliphatic rings. The van der Waals surface area contributed by atoms with Crippen molar-refractivity contribution < 1.29 is 13.2 Å². The Morgan fingerprint density at radius 2 is 2.22 bits per heavy atom. The summed E-state index contributed by atoms with van der Waals surface area (Å²) in [4.78, 5) is 0. The Bertz CT molecular complexity index is 372. The highest BCUT2D eigenvalue weighted by Crippen LogP contribution is 2.41. The molecule has 4 nitrogen and oxygen atoms in total. The van der Waals surface area contributed by atoms with Gasteiger partial charge in [0.25, 0.3) is 0 Å². The van der Waals surface area contributed by atoms with Gasteiger partial charge in [-0.2, -0.15) is 0 Å².